The second-order valence-corrected chi connectivity index (χ2v) is 4.90. The van der Waals surface area contributed by atoms with Gasteiger partial charge in [-0.05, 0) is 38.2 Å². The Morgan fingerprint density at radius 3 is 2.59 bits per heavy atom. The summed E-state index contributed by atoms with van der Waals surface area (Å²) in [7, 11) is 0. The highest BCUT2D eigenvalue weighted by Crippen LogP contribution is 2.40. The third-order valence-corrected chi connectivity index (χ3v) is 3.33. The molecule has 94 valence electrons. The maximum absolute atomic E-state index is 5.57. The lowest BCUT2D eigenvalue weighted by Gasteiger charge is -2.21. The summed E-state index contributed by atoms with van der Waals surface area (Å²) in [5.74, 6) is 0.825. The number of rotatable bonds is 7. The van der Waals surface area contributed by atoms with E-state index in [2.05, 4.69) is 42.6 Å². The number of hydrogen-bond acceptors (Lipinski definition) is 2. The summed E-state index contributed by atoms with van der Waals surface area (Å²) in [5, 5.41) is 3.66. The molecule has 0 amide bonds. The molecule has 0 spiro atoms. The second-order valence-electron chi connectivity index (χ2n) is 4.90. The molecule has 0 heterocycles. The predicted octanol–water partition coefficient (Wildman–Crippen LogP) is 3.15. The van der Waals surface area contributed by atoms with Crippen LogP contribution in [0.3, 0.4) is 0 Å². The molecule has 0 aromatic heterocycles. The second kappa shape index (κ2) is 6.18. The first-order chi connectivity index (χ1) is 8.31. The maximum atomic E-state index is 5.57. The molecule has 2 heteroatoms. The zero-order valence-electron chi connectivity index (χ0n) is 10.9. The van der Waals surface area contributed by atoms with Crippen LogP contribution in [0.4, 0.5) is 0 Å². The molecule has 1 aliphatic rings. The van der Waals surface area contributed by atoms with Crippen molar-refractivity contribution in [1.82, 2.24) is 5.32 Å². The molecule has 2 rings (SSSR count). The lowest BCUT2D eigenvalue weighted by atomic mass is 10.0. The quantitative estimate of drug-likeness (QED) is 0.781. The Morgan fingerprint density at radius 2 is 2.00 bits per heavy atom. The molecule has 1 aliphatic carbocycles. The van der Waals surface area contributed by atoms with Crippen LogP contribution in [0, 0.1) is 5.92 Å². The van der Waals surface area contributed by atoms with Crippen molar-refractivity contribution in [3.05, 3.63) is 35.9 Å². The molecule has 2 nitrogen and oxygen atoms in total. The van der Waals surface area contributed by atoms with Crippen molar-refractivity contribution >= 4 is 0 Å². The molecule has 2 unspecified atom stereocenters. The van der Waals surface area contributed by atoms with Crippen molar-refractivity contribution in [2.45, 2.75) is 38.8 Å². The first-order valence-corrected chi connectivity index (χ1v) is 6.71. The molecule has 1 saturated carbocycles. The Hall–Kier alpha value is -0.860. The summed E-state index contributed by atoms with van der Waals surface area (Å²) in [6.07, 6.45) is 3.01. The van der Waals surface area contributed by atoms with Crippen LogP contribution >= 0.6 is 0 Å². The van der Waals surface area contributed by atoms with E-state index in [1.54, 1.807) is 0 Å². The summed E-state index contributed by atoms with van der Waals surface area (Å²) in [6.45, 7) is 5.91. The van der Waals surface area contributed by atoms with Gasteiger partial charge in [0.25, 0.3) is 0 Å². The zero-order valence-corrected chi connectivity index (χ0v) is 10.9. The number of ether oxygens (including phenoxy) is 1. The lowest BCUT2D eigenvalue weighted by Crippen LogP contribution is -2.31. The minimum Gasteiger partial charge on any atom is -0.377 e. The van der Waals surface area contributed by atoms with E-state index in [9.17, 15) is 0 Å². The van der Waals surface area contributed by atoms with E-state index in [0.717, 1.165) is 19.1 Å². The van der Waals surface area contributed by atoms with E-state index < -0.39 is 0 Å². The highest BCUT2D eigenvalue weighted by atomic mass is 16.5. The fourth-order valence-corrected chi connectivity index (χ4v) is 2.28. The van der Waals surface area contributed by atoms with Crippen molar-refractivity contribution in [2.75, 3.05) is 13.2 Å². The molecule has 2 atom stereocenters. The van der Waals surface area contributed by atoms with Crippen LogP contribution < -0.4 is 5.32 Å². The zero-order chi connectivity index (χ0) is 12.1. The molecule has 1 aromatic rings. The Morgan fingerprint density at radius 1 is 1.29 bits per heavy atom. The maximum Gasteiger partial charge on any atom is 0.0671 e. The molecule has 0 bridgehead atoms. The van der Waals surface area contributed by atoms with Crippen LogP contribution in [0.2, 0.25) is 0 Å². The van der Waals surface area contributed by atoms with E-state index in [0.29, 0.717) is 12.1 Å². The van der Waals surface area contributed by atoms with E-state index in [1.807, 2.05) is 6.92 Å². The Bertz CT molecular complexity index is 321. The SMILES string of the molecule is CCOC(C)CNC(c1ccccc1)C1CC1. The summed E-state index contributed by atoms with van der Waals surface area (Å²) >= 11 is 0. The Labute approximate surface area is 104 Å². The van der Waals surface area contributed by atoms with Gasteiger partial charge >= 0.3 is 0 Å². The third kappa shape index (κ3) is 3.83. The third-order valence-electron chi connectivity index (χ3n) is 3.33. The number of nitrogens with one attached hydrogen (secondary N) is 1. The normalized spacial score (nSPS) is 18.9. The molecule has 0 radical (unpaired) electrons. The van der Waals surface area contributed by atoms with Crippen molar-refractivity contribution in [3.63, 3.8) is 0 Å². The average Bonchev–Trinajstić information content (AvgIpc) is 3.16. The predicted molar refractivity (Wildman–Crippen MR) is 71.0 cm³/mol. The monoisotopic (exact) mass is 233 g/mol. The molecule has 0 saturated heterocycles. The minimum absolute atomic E-state index is 0.296. The molecule has 17 heavy (non-hydrogen) atoms. The molecule has 1 N–H and O–H groups in total. The number of hydrogen-bond donors (Lipinski definition) is 1. The molecule has 1 aromatic carbocycles. The fraction of sp³-hybridized carbons (Fsp3) is 0.600. The van der Waals surface area contributed by atoms with E-state index in [1.165, 1.54) is 18.4 Å². The smallest absolute Gasteiger partial charge is 0.0671 e. The van der Waals surface area contributed by atoms with Crippen LogP contribution in [0.25, 0.3) is 0 Å². The van der Waals surface area contributed by atoms with Gasteiger partial charge < -0.3 is 10.1 Å². The van der Waals surface area contributed by atoms with Gasteiger partial charge in [0.2, 0.25) is 0 Å². The molecular formula is C15H23NO. The van der Waals surface area contributed by atoms with E-state index >= 15 is 0 Å². The van der Waals surface area contributed by atoms with Gasteiger partial charge in [0.05, 0.1) is 6.10 Å². The van der Waals surface area contributed by atoms with Gasteiger partial charge in [-0.15, -0.1) is 0 Å². The van der Waals surface area contributed by atoms with Crippen LogP contribution in [-0.2, 0) is 4.74 Å². The first kappa shape index (κ1) is 12.6. The minimum atomic E-state index is 0.296. The lowest BCUT2D eigenvalue weighted by molar-refractivity contribution is 0.0733. The van der Waals surface area contributed by atoms with Gasteiger partial charge in [-0.25, -0.2) is 0 Å². The molecular weight excluding hydrogens is 210 g/mol. The summed E-state index contributed by atoms with van der Waals surface area (Å²) in [5.41, 5.74) is 1.42. The van der Waals surface area contributed by atoms with Crippen LogP contribution in [0.5, 0.6) is 0 Å². The van der Waals surface area contributed by atoms with Gasteiger partial charge in [-0.1, -0.05) is 30.3 Å². The first-order valence-electron chi connectivity index (χ1n) is 6.71. The van der Waals surface area contributed by atoms with Crippen LogP contribution in [0.1, 0.15) is 38.3 Å². The standard InChI is InChI=1S/C15H23NO/c1-3-17-12(2)11-16-15(14-9-10-14)13-7-5-4-6-8-13/h4-8,12,14-16H,3,9-11H2,1-2H3. The van der Waals surface area contributed by atoms with Gasteiger partial charge in [0, 0.05) is 19.2 Å². The van der Waals surface area contributed by atoms with Gasteiger partial charge in [-0.3, -0.25) is 0 Å². The summed E-state index contributed by atoms with van der Waals surface area (Å²) in [4.78, 5) is 0. The van der Waals surface area contributed by atoms with Gasteiger partial charge in [0.15, 0.2) is 0 Å². The molecule has 1 fully saturated rings. The van der Waals surface area contributed by atoms with E-state index in [4.69, 9.17) is 4.74 Å². The topological polar surface area (TPSA) is 21.3 Å². The van der Waals surface area contributed by atoms with Crippen LogP contribution in [0.15, 0.2) is 30.3 Å². The van der Waals surface area contributed by atoms with Crippen molar-refractivity contribution in [2.24, 2.45) is 5.92 Å². The average molecular weight is 233 g/mol. The highest BCUT2D eigenvalue weighted by molar-refractivity contribution is 5.21. The van der Waals surface area contributed by atoms with Crippen molar-refractivity contribution in [3.8, 4) is 0 Å². The largest absolute Gasteiger partial charge is 0.377 e. The van der Waals surface area contributed by atoms with Crippen molar-refractivity contribution in [1.29, 1.82) is 0 Å². The molecule has 0 aliphatic heterocycles. The van der Waals surface area contributed by atoms with E-state index in [-0.39, 0.29) is 0 Å². The summed E-state index contributed by atoms with van der Waals surface area (Å²) in [6, 6.07) is 11.3. The highest BCUT2D eigenvalue weighted by Gasteiger charge is 2.31. The van der Waals surface area contributed by atoms with Crippen LogP contribution in [-0.4, -0.2) is 19.3 Å². The fourth-order valence-electron chi connectivity index (χ4n) is 2.28. The van der Waals surface area contributed by atoms with Gasteiger partial charge in [-0.2, -0.15) is 0 Å². The Kier molecular flexibility index (Phi) is 4.57. The number of benzene rings is 1. The van der Waals surface area contributed by atoms with Gasteiger partial charge in [0.1, 0.15) is 0 Å². The summed E-state index contributed by atoms with van der Waals surface area (Å²) < 4.78 is 5.57. The Balaban J connectivity index is 1.90. The van der Waals surface area contributed by atoms with Crippen molar-refractivity contribution < 1.29 is 4.74 Å².